The highest BCUT2D eigenvalue weighted by Gasteiger charge is 2.11. The Morgan fingerprint density at radius 2 is 2.00 bits per heavy atom. The molecule has 0 unspecified atom stereocenters. The molecule has 0 aliphatic heterocycles. The largest absolute Gasteiger partial charge is 0.480 e. The summed E-state index contributed by atoms with van der Waals surface area (Å²) in [4.78, 5) is 25.8. The number of amides is 1. The van der Waals surface area contributed by atoms with Crippen molar-refractivity contribution >= 4 is 11.9 Å². The van der Waals surface area contributed by atoms with E-state index in [9.17, 15) is 9.59 Å². The predicted octanol–water partition coefficient (Wildman–Crippen LogP) is -0.973. The molecule has 2 aromatic heterocycles. The van der Waals surface area contributed by atoms with E-state index in [2.05, 4.69) is 20.5 Å². The Balaban J connectivity index is 1.98. The van der Waals surface area contributed by atoms with Crippen LogP contribution >= 0.6 is 0 Å². The highest BCUT2D eigenvalue weighted by molar-refractivity contribution is 5.80. The fourth-order valence-electron chi connectivity index (χ4n) is 1.49. The minimum atomic E-state index is -1.08. The Hall–Kier alpha value is -2.90. The van der Waals surface area contributed by atoms with Crippen LogP contribution in [0.2, 0.25) is 0 Å². The van der Waals surface area contributed by atoms with Gasteiger partial charge in [0.25, 0.3) is 5.91 Å². The smallest absolute Gasteiger partial charge is 0.322 e. The predicted molar refractivity (Wildman–Crippen MR) is 66.1 cm³/mol. The Morgan fingerprint density at radius 3 is 2.60 bits per heavy atom. The van der Waals surface area contributed by atoms with Crippen molar-refractivity contribution < 1.29 is 19.3 Å². The van der Waals surface area contributed by atoms with Gasteiger partial charge < -0.3 is 10.4 Å². The summed E-state index contributed by atoms with van der Waals surface area (Å²) in [5, 5.41) is 18.3. The molecule has 0 atom stereocenters. The molecule has 2 aromatic rings. The molecule has 1 amide bonds. The minimum Gasteiger partial charge on any atom is -0.480 e. The lowest BCUT2D eigenvalue weighted by Gasteiger charge is -2.00. The van der Waals surface area contributed by atoms with Crippen molar-refractivity contribution in [3.63, 3.8) is 0 Å². The van der Waals surface area contributed by atoms with Gasteiger partial charge in [-0.1, -0.05) is 0 Å². The zero-order chi connectivity index (χ0) is 14.4. The number of hydrogen-bond acceptors (Lipinski definition) is 5. The quantitative estimate of drug-likeness (QED) is 0.679. The van der Waals surface area contributed by atoms with Crippen LogP contribution in [0.5, 0.6) is 0 Å². The Morgan fingerprint density at radius 1 is 1.25 bits per heavy atom. The lowest BCUT2D eigenvalue weighted by molar-refractivity contribution is -0.684. The maximum Gasteiger partial charge on any atom is 0.322 e. The number of nitrogens with zero attached hydrogens (tertiary/aromatic N) is 4. The van der Waals surface area contributed by atoms with Crippen molar-refractivity contribution in [1.29, 1.82) is 0 Å². The lowest BCUT2D eigenvalue weighted by atomic mass is 10.2. The topological polar surface area (TPSA) is 109 Å². The molecule has 0 aromatic carbocycles. The van der Waals surface area contributed by atoms with Crippen molar-refractivity contribution in [2.45, 2.75) is 6.54 Å². The molecule has 0 aliphatic carbocycles. The van der Waals surface area contributed by atoms with E-state index in [1.54, 1.807) is 35.3 Å². The van der Waals surface area contributed by atoms with Crippen LogP contribution in [0, 0.1) is 0 Å². The van der Waals surface area contributed by atoms with Crippen molar-refractivity contribution in [2.24, 2.45) is 0 Å². The first-order chi connectivity index (χ1) is 9.65. The van der Waals surface area contributed by atoms with Gasteiger partial charge in [0.15, 0.2) is 18.2 Å². The van der Waals surface area contributed by atoms with Crippen LogP contribution in [0.1, 0.15) is 0 Å². The van der Waals surface area contributed by atoms with Crippen LogP contribution in [0.25, 0.3) is 11.4 Å². The molecular weight excluding hydrogens is 262 g/mol. The third-order valence-electron chi connectivity index (χ3n) is 2.39. The molecule has 0 spiro atoms. The summed E-state index contributed by atoms with van der Waals surface area (Å²) in [6, 6.07) is 3.50. The fourth-order valence-corrected chi connectivity index (χ4v) is 1.49. The van der Waals surface area contributed by atoms with Crippen molar-refractivity contribution in [3.05, 3.63) is 36.9 Å². The highest BCUT2D eigenvalue weighted by atomic mass is 16.4. The van der Waals surface area contributed by atoms with Crippen LogP contribution in [-0.4, -0.2) is 38.7 Å². The second-order valence-electron chi connectivity index (χ2n) is 3.90. The standard InChI is InChI=1S/C12H11N5O3/c18-10(14-7-11(19)20)8-17-5-1-9(2-6-17)12-13-3-4-15-16-12/h1-6H,7-8H2,(H-,14,18,19,20)/p+1. The number of rotatable bonds is 5. The summed E-state index contributed by atoms with van der Waals surface area (Å²) < 4.78 is 1.62. The van der Waals surface area contributed by atoms with Crippen LogP contribution in [0.3, 0.4) is 0 Å². The van der Waals surface area contributed by atoms with Gasteiger partial charge in [-0.05, 0) is 0 Å². The minimum absolute atomic E-state index is 0.0431. The van der Waals surface area contributed by atoms with Gasteiger partial charge in [-0.3, -0.25) is 9.59 Å². The van der Waals surface area contributed by atoms with Gasteiger partial charge in [0.05, 0.1) is 6.20 Å². The van der Waals surface area contributed by atoms with Gasteiger partial charge >= 0.3 is 5.97 Å². The Bertz CT molecular complexity index is 600. The Labute approximate surface area is 114 Å². The van der Waals surface area contributed by atoms with Crippen molar-refractivity contribution in [2.75, 3.05) is 6.54 Å². The molecule has 8 nitrogen and oxygen atoms in total. The normalized spacial score (nSPS) is 10.0. The molecule has 0 saturated carbocycles. The van der Waals surface area contributed by atoms with E-state index in [1.807, 2.05) is 0 Å². The van der Waals surface area contributed by atoms with E-state index in [4.69, 9.17) is 5.11 Å². The first kappa shape index (κ1) is 13.5. The SMILES string of the molecule is O=C(O)CNC(=O)C[n+]1ccc(-c2nccnn2)cc1. The van der Waals surface area contributed by atoms with Gasteiger partial charge in [-0.2, -0.15) is 9.67 Å². The average Bonchev–Trinajstić information content (AvgIpc) is 2.47. The van der Waals surface area contributed by atoms with Gasteiger partial charge in [-0.25, -0.2) is 4.98 Å². The molecule has 2 rings (SSSR count). The van der Waals surface area contributed by atoms with Crippen LogP contribution in [-0.2, 0) is 16.1 Å². The molecule has 102 valence electrons. The first-order valence-corrected chi connectivity index (χ1v) is 5.77. The lowest BCUT2D eigenvalue weighted by Crippen LogP contribution is -2.43. The molecule has 0 radical (unpaired) electrons. The summed E-state index contributed by atoms with van der Waals surface area (Å²) >= 11 is 0. The van der Waals surface area contributed by atoms with Crippen LogP contribution in [0.15, 0.2) is 36.9 Å². The summed E-state index contributed by atoms with van der Waals surface area (Å²) in [7, 11) is 0. The third kappa shape index (κ3) is 3.80. The molecule has 0 fully saturated rings. The molecule has 2 heterocycles. The number of carboxylic acids is 1. The third-order valence-corrected chi connectivity index (χ3v) is 2.39. The summed E-state index contributed by atoms with van der Waals surface area (Å²) in [5.41, 5.74) is 0.778. The second-order valence-corrected chi connectivity index (χ2v) is 3.90. The number of nitrogens with one attached hydrogen (secondary N) is 1. The number of carbonyl (C=O) groups is 2. The maximum atomic E-state index is 11.4. The van der Waals surface area contributed by atoms with E-state index in [-0.39, 0.29) is 19.0 Å². The van der Waals surface area contributed by atoms with E-state index < -0.39 is 5.97 Å². The van der Waals surface area contributed by atoms with E-state index in [0.717, 1.165) is 5.56 Å². The van der Waals surface area contributed by atoms with Crippen molar-refractivity contribution in [3.8, 4) is 11.4 Å². The monoisotopic (exact) mass is 274 g/mol. The zero-order valence-electron chi connectivity index (χ0n) is 10.4. The summed E-state index contributed by atoms with van der Waals surface area (Å²) in [6.07, 6.45) is 6.40. The van der Waals surface area contributed by atoms with E-state index in [1.165, 1.54) is 6.20 Å². The molecular formula is C12H12N5O3+. The van der Waals surface area contributed by atoms with E-state index >= 15 is 0 Å². The van der Waals surface area contributed by atoms with Crippen LogP contribution < -0.4 is 9.88 Å². The molecule has 2 N–H and O–H groups in total. The molecule has 0 bridgehead atoms. The zero-order valence-corrected chi connectivity index (χ0v) is 10.4. The number of pyridine rings is 1. The fraction of sp³-hybridized carbons (Fsp3) is 0.167. The molecule has 0 saturated heterocycles. The van der Waals surface area contributed by atoms with E-state index in [0.29, 0.717) is 5.82 Å². The molecule has 0 aliphatic rings. The number of aromatic nitrogens is 4. The van der Waals surface area contributed by atoms with Gasteiger partial charge in [0.2, 0.25) is 6.54 Å². The summed E-state index contributed by atoms with van der Waals surface area (Å²) in [6.45, 7) is -0.345. The Kier molecular flexibility index (Phi) is 4.28. The van der Waals surface area contributed by atoms with Crippen molar-refractivity contribution in [1.82, 2.24) is 20.5 Å². The average molecular weight is 274 g/mol. The van der Waals surface area contributed by atoms with Gasteiger partial charge in [0.1, 0.15) is 6.54 Å². The highest BCUT2D eigenvalue weighted by Crippen LogP contribution is 2.09. The summed E-state index contributed by atoms with van der Waals surface area (Å²) in [5.74, 6) is -0.954. The molecule has 20 heavy (non-hydrogen) atoms. The number of carboxylic acid groups (broad SMARTS) is 1. The molecule has 8 heteroatoms. The number of carbonyl (C=O) groups excluding carboxylic acids is 1. The van der Waals surface area contributed by atoms with Gasteiger partial charge in [0, 0.05) is 23.9 Å². The second kappa shape index (κ2) is 6.32. The number of hydrogen-bond donors (Lipinski definition) is 2. The van der Waals surface area contributed by atoms with Crippen LogP contribution in [0.4, 0.5) is 0 Å². The first-order valence-electron chi connectivity index (χ1n) is 5.77. The number of aliphatic carboxylic acids is 1. The maximum absolute atomic E-state index is 11.4. The van der Waals surface area contributed by atoms with Gasteiger partial charge in [-0.15, -0.1) is 5.10 Å².